The second-order valence-electron chi connectivity index (χ2n) is 6.76. The van der Waals surface area contributed by atoms with E-state index in [1.54, 1.807) is 0 Å². The molecule has 0 aromatic heterocycles. The average Bonchev–Trinajstić information content (AvgIpc) is 2.78. The fraction of sp³-hybridized carbons (Fsp3) is 0.500. The largest absolute Gasteiger partial charge is 0.317 e. The zero-order valence-electron chi connectivity index (χ0n) is 13.8. The van der Waals surface area contributed by atoms with Crippen molar-refractivity contribution in [3.63, 3.8) is 0 Å². The summed E-state index contributed by atoms with van der Waals surface area (Å²) in [4.78, 5) is 24.9. The number of nitrogens with one attached hydrogen (secondary N) is 2. The lowest BCUT2D eigenvalue weighted by atomic mass is 9.81. The van der Waals surface area contributed by atoms with Crippen LogP contribution >= 0.6 is 0 Å². The van der Waals surface area contributed by atoms with Crippen molar-refractivity contribution >= 4 is 21.8 Å². The first-order chi connectivity index (χ1) is 11.2. The summed E-state index contributed by atoms with van der Waals surface area (Å²) < 4.78 is 27.7. The summed E-state index contributed by atoms with van der Waals surface area (Å²) >= 11 is 0. The molecule has 0 bridgehead atoms. The molecule has 2 N–H and O–H groups in total. The van der Waals surface area contributed by atoms with E-state index in [1.807, 2.05) is 0 Å². The van der Waals surface area contributed by atoms with E-state index >= 15 is 0 Å². The Bertz CT molecular complexity index is 798. The van der Waals surface area contributed by atoms with Crippen LogP contribution in [0.5, 0.6) is 0 Å². The van der Waals surface area contributed by atoms with Gasteiger partial charge >= 0.3 is 0 Å². The van der Waals surface area contributed by atoms with Crippen LogP contribution in [0.4, 0.5) is 0 Å². The predicted octanol–water partition coefficient (Wildman–Crippen LogP) is 0.580. The SMILES string of the molecule is CN1C(=O)c2ccc(S(=O)(=O)NCC3(C)CCNCC3)cc2C1=O. The summed E-state index contributed by atoms with van der Waals surface area (Å²) in [5.74, 6) is -0.883. The Morgan fingerprint density at radius 3 is 2.46 bits per heavy atom. The minimum Gasteiger partial charge on any atom is -0.317 e. The molecule has 0 atom stereocenters. The molecule has 1 fully saturated rings. The van der Waals surface area contributed by atoms with Crippen LogP contribution in [0.15, 0.2) is 23.1 Å². The molecule has 1 aromatic carbocycles. The van der Waals surface area contributed by atoms with Crippen molar-refractivity contribution in [3.8, 4) is 0 Å². The van der Waals surface area contributed by atoms with Crippen LogP contribution in [0.3, 0.4) is 0 Å². The predicted molar refractivity (Wildman–Crippen MR) is 88.3 cm³/mol. The topological polar surface area (TPSA) is 95.6 Å². The normalized spacial score (nSPS) is 20.3. The van der Waals surface area contributed by atoms with Gasteiger partial charge in [-0.3, -0.25) is 14.5 Å². The van der Waals surface area contributed by atoms with Gasteiger partial charge in [-0.05, 0) is 49.5 Å². The summed E-state index contributed by atoms with van der Waals surface area (Å²) in [7, 11) is -2.35. The molecule has 0 radical (unpaired) electrons. The molecule has 130 valence electrons. The Balaban J connectivity index is 1.81. The number of sulfonamides is 1. The van der Waals surface area contributed by atoms with E-state index in [0.29, 0.717) is 6.54 Å². The highest BCUT2D eigenvalue weighted by Gasteiger charge is 2.34. The van der Waals surface area contributed by atoms with Crippen molar-refractivity contribution in [1.82, 2.24) is 14.9 Å². The number of carbonyl (C=O) groups is 2. The molecule has 0 aliphatic carbocycles. The number of carbonyl (C=O) groups excluding carboxylic acids is 2. The van der Waals surface area contributed by atoms with Gasteiger partial charge in [-0.15, -0.1) is 0 Å². The van der Waals surface area contributed by atoms with Crippen molar-refractivity contribution in [3.05, 3.63) is 29.3 Å². The third-order valence-corrected chi connectivity index (χ3v) is 6.27. The van der Waals surface area contributed by atoms with Gasteiger partial charge in [0, 0.05) is 13.6 Å². The van der Waals surface area contributed by atoms with E-state index in [9.17, 15) is 18.0 Å². The molecule has 3 rings (SSSR count). The molecule has 2 amide bonds. The van der Waals surface area contributed by atoms with Gasteiger partial charge in [-0.25, -0.2) is 13.1 Å². The minimum atomic E-state index is -3.73. The molecule has 1 aromatic rings. The lowest BCUT2D eigenvalue weighted by Gasteiger charge is -2.34. The average molecular weight is 351 g/mol. The maximum atomic E-state index is 12.6. The second-order valence-corrected chi connectivity index (χ2v) is 8.53. The molecule has 0 unspecified atom stereocenters. The molecule has 7 nitrogen and oxygen atoms in total. The minimum absolute atomic E-state index is 0.00948. The summed E-state index contributed by atoms with van der Waals surface area (Å²) in [5, 5.41) is 3.26. The molecule has 8 heteroatoms. The number of amides is 2. The van der Waals surface area contributed by atoms with E-state index in [4.69, 9.17) is 0 Å². The number of benzene rings is 1. The van der Waals surface area contributed by atoms with Crippen LogP contribution in [-0.2, 0) is 10.0 Å². The molecule has 0 saturated carbocycles. The van der Waals surface area contributed by atoms with Crippen molar-refractivity contribution in [2.24, 2.45) is 5.41 Å². The summed E-state index contributed by atoms with van der Waals surface area (Å²) in [6.45, 7) is 4.16. The fourth-order valence-electron chi connectivity index (χ4n) is 3.07. The molecular formula is C16H21N3O4S. The van der Waals surface area contributed by atoms with Gasteiger partial charge in [0.05, 0.1) is 16.0 Å². The van der Waals surface area contributed by atoms with Gasteiger partial charge in [-0.2, -0.15) is 0 Å². The number of imide groups is 1. The quantitative estimate of drug-likeness (QED) is 0.774. The molecule has 1 saturated heterocycles. The van der Waals surface area contributed by atoms with Crippen molar-refractivity contribution in [2.75, 3.05) is 26.7 Å². The van der Waals surface area contributed by atoms with Crippen LogP contribution in [0, 0.1) is 5.41 Å². The van der Waals surface area contributed by atoms with Crippen LogP contribution < -0.4 is 10.0 Å². The van der Waals surface area contributed by atoms with E-state index in [2.05, 4.69) is 17.0 Å². The van der Waals surface area contributed by atoms with E-state index in [1.165, 1.54) is 25.2 Å². The molecule has 2 heterocycles. The molecular weight excluding hydrogens is 330 g/mol. The number of fused-ring (bicyclic) bond motifs is 1. The highest BCUT2D eigenvalue weighted by molar-refractivity contribution is 7.89. The van der Waals surface area contributed by atoms with Crippen molar-refractivity contribution < 1.29 is 18.0 Å². The number of hydrogen-bond acceptors (Lipinski definition) is 5. The third-order valence-electron chi connectivity index (χ3n) is 4.87. The Morgan fingerprint density at radius 1 is 1.17 bits per heavy atom. The van der Waals surface area contributed by atoms with Gasteiger partial charge in [0.15, 0.2) is 0 Å². The highest BCUT2D eigenvalue weighted by Crippen LogP contribution is 2.28. The van der Waals surface area contributed by atoms with E-state index < -0.39 is 21.8 Å². The van der Waals surface area contributed by atoms with Gasteiger partial charge < -0.3 is 5.32 Å². The second kappa shape index (κ2) is 5.94. The third kappa shape index (κ3) is 2.97. The lowest BCUT2D eigenvalue weighted by molar-refractivity contribution is 0.0693. The maximum absolute atomic E-state index is 12.6. The Labute approximate surface area is 141 Å². The number of nitrogens with zero attached hydrogens (tertiary/aromatic N) is 1. The lowest BCUT2D eigenvalue weighted by Crippen LogP contribution is -2.42. The summed E-state index contributed by atoms with van der Waals surface area (Å²) in [5.41, 5.74) is 0.298. The summed E-state index contributed by atoms with van der Waals surface area (Å²) in [6.07, 6.45) is 1.80. The van der Waals surface area contributed by atoms with Crippen molar-refractivity contribution in [1.29, 1.82) is 0 Å². The van der Waals surface area contributed by atoms with Crippen LogP contribution in [0.25, 0.3) is 0 Å². The van der Waals surface area contributed by atoms with Crippen LogP contribution in [0.1, 0.15) is 40.5 Å². The monoisotopic (exact) mass is 351 g/mol. The molecule has 2 aliphatic heterocycles. The van der Waals surface area contributed by atoms with E-state index in [0.717, 1.165) is 30.8 Å². The van der Waals surface area contributed by atoms with Gasteiger partial charge in [0.2, 0.25) is 10.0 Å². The van der Waals surface area contributed by atoms with Crippen LogP contribution in [0.2, 0.25) is 0 Å². The zero-order chi connectivity index (χ0) is 17.5. The van der Waals surface area contributed by atoms with Gasteiger partial charge in [-0.1, -0.05) is 6.92 Å². The number of piperidine rings is 1. The number of rotatable bonds is 4. The number of hydrogen-bond donors (Lipinski definition) is 2. The van der Waals surface area contributed by atoms with Crippen molar-refractivity contribution in [2.45, 2.75) is 24.7 Å². The first-order valence-electron chi connectivity index (χ1n) is 7.90. The fourth-order valence-corrected chi connectivity index (χ4v) is 4.29. The van der Waals surface area contributed by atoms with Gasteiger partial charge in [0.25, 0.3) is 11.8 Å². The van der Waals surface area contributed by atoms with E-state index in [-0.39, 0.29) is 21.4 Å². The molecule has 2 aliphatic rings. The maximum Gasteiger partial charge on any atom is 0.261 e. The Hall–Kier alpha value is -1.77. The highest BCUT2D eigenvalue weighted by atomic mass is 32.2. The zero-order valence-corrected chi connectivity index (χ0v) is 14.6. The standard InChI is InChI=1S/C16H21N3O4S/c1-16(5-7-17-8-6-16)10-18-24(22,23)11-3-4-12-13(9-11)15(21)19(2)14(12)20/h3-4,9,17-18H,5-8,10H2,1-2H3. The smallest absolute Gasteiger partial charge is 0.261 e. The first kappa shape index (κ1) is 17.1. The first-order valence-corrected chi connectivity index (χ1v) is 9.39. The van der Waals surface area contributed by atoms with Crippen LogP contribution in [-0.4, -0.2) is 51.8 Å². The molecule has 0 spiro atoms. The van der Waals surface area contributed by atoms with Gasteiger partial charge in [0.1, 0.15) is 0 Å². The molecule has 24 heavy (non-hydrogen) atoms. The Morgan fingerprint density at radius 2 is 1.79 bits per heavy atom. The Kier molecular flexibility index (Phi) is 4.23. The summed E-state index contributed by atoms with van der Waals surface area (Å²) in [6, 6.07) is 4.06.